The summed E-state index contributed by atoms with van der Waals surface area (Å²) in [5.74, 6) is 0. The minimum Gasteiger partial charge on any atom is -0.207 e. The van der Waals surface area contributed by atoms with Gasteiger partial charge in [0.1, 0.15) is 4.90 Å². The van der Waals surface area contributed by atoms with Gasteiger partial charge in [0, 0.05) is 18.1 Å². The molecule has 0 aliphatic carbocycles. The molecule has 1 aliphatic heterocycles. The van der Waals surface area contributed by atoms with Crippen LogP contribution in [0.1, 0.15) is 37.7 Å². The van der Waals surface area contributed by atoms with Gasteiger partial charge in [-0.05, 0) is 37.5 Å². The molecule has 20 heavy (non-hydrogen) atoms. The van der Waals surface area contributed by atoms with Gasteiger partial charge in [0.2, 0.25) is 10.0 Å². The van der Waals surface area contributed by atoms with Gasteiger partial charge < -0.3 is 0 Å². The average molecular weight is 336 g/mol. The van der Waals surface area contributed by atoms with Crippen molar-refractivity contribution < 1.29 is 8.42 Å². The Kier molecular flexibility index (Phi) is 5.35. The van der Waals surface area contributed by atoms with Crippen LogP contribution in [0.25, 0.3) is 0 Å². The Balaban J connectivity index is 2.36. The largest absolute Gasteiger partial charge is 0.244 e. The van der Waals surface area contributed by atoms with Crippen LogP contribution in [0.4, 0.5) is 0 Å². The van der Waals surface area contributed by atoms with Crippen molar-refractivity contribution in [2.24, 2.45) is 0 Å². The number of nitrogens with zero attached hydrogens (tertiary/aromatic N) is 1. The van der Waals surface area contributed by atoms with E-state index in [1.54, 1.807) is 17.3 Å². The fourth-order valence-corrected chi connectivity index (χ4v) is 4.73. The zero-order valence-electron chi connectivity index (χ0n) is 11.5. The summed E-state index contributed by atoms with van der Waals surface area (Å²) in [5, 5.41) is 0.723. The zero-order valence-corrected chi connectivity index (χ0v) is 13.9. The first-order valence-corrected chi connectivity index (χ1v) is 9.09. The van der Waals surface area contributed by atoms with Crippen molar-refractivity contribution in [1.29, 1.82) is 0 Å². The van der Waals surface area contributed by atoms with E-state index in [0.29, 0.717) is 23.7 Å². The molecule has 1 heterocycles. The van der Waals surface area contributed by atoms with Gasteiger partial charge in [-0.1, -0.05) is 42.5 Å². The summed E-state index contributed by atoms with van der Waals surface area (Å²) in [6.45, 7) is 2.87. The lowest BCUT2D eigenvalue weighted by molar-refractivity contribution is 0.364. The maximum absolute atomic E-state index is 12.7. The van der Waals surface area contributed by atoms with Crippen molar-refractivity contribution in [3.05, 3.63) is 27.7 Å². The van der Waals surface area contributed by atoms with Gasteiger partial charge in [0.15, 0.2) is 0 Å². The fraction of sp³-hybridized carbons (Fsp3) is 0.571. The van der Waals surface area contributed by atoms with Crippen LogP contribution in [0.5, 0.6) is 0 Å². The zero-order chi connectivity index (χ0) is 14.8. The predicted molar refractivity (Wildman–Crippen MR) is 83.0 cm³/mol. The summed E-state index contributed by atoms with van der Waals surface area (Å²) >= 11 is 12.2. The monoisotopic (exact) mass is 335 g/mol. The molecular formula is C14H19Cl2NO2S. The molecule has 2 rings (SSSR count). The number of benzene rings is 1. The highest BCUT2D eigenvalue weighted by atomic mass is 35.5. The van der Waals surface area contributed by atoms with E-state index < -0.39 is 10.0 Å². The maximum Gasteiger partial charge on any atom is 0.244 e. The molecule has 3 nitrogen and oxygen atoms in total. The van der Waals surface area contributed by atoms with Crippen LogP contribution in [0, 0.1) is 6.92 Å². The molecule has 1 aliphatic rings. The first kappa shape index (κ1) is 16.1. The summed E-state index contributed by atoms with van der Waals surface area (Å²) in [4.78, 5) is 0.168. The quantitative estimate of drug-likeness (QED) is 0.809. The normalized spacial score (nSPS) is 18.6. The van der Waals surface area contributed by atoms with E-state index in [-0.39, 0.29) is 9.92 Å². The van der Waals surface area contributed by atoms with Gasteiger partial charge in [-0.15, -0.1) is 0 Å². The Morgan fingerprint density at radius 2 is 1.55 bits per heavy atom. The average Bonchev–Trinajstić information content (AvgIpc) is 2.34. The lowest BCUT2D eigenvalue weighted by Gasteiger charge is -2.25. The summed E-state index contributed by atoms with van der Waals surface area (Å²) in [7, 11) is -3.53. The highest BCUT2D eigenvalue weighted by molar-refractivity contribution is 7.89. The van der Waals surface area contributed by atoms with Gasteiger partial charge in [-0.25, -0.2) is 8.42 Å². The number of sulfonamides is 1. The second-order valence-corrected chi connectivity index (χ2v) is 7.85. The lowest BCUT2D eigenvalue weighted by atomic mass is 10.1. The van der Waals surface area contributed by atoms with E-state index in [0.717, 1.165) is 25.7 Å². The third kappa shape index (κ3) is 3.30. The van der Waals surface area contributed by atoms with Gasteiger partial charge in [-0.3, -0.25) is 0 Å². The van der Waals surface area contributed by atoms with Crippen LogP contribution in [0.2, 0.25) is 10.0 Å². The third-order valence-electron chi connectivity index (χ3n) is 3.72. The molecule has 0 amide bonds. The van der Waals surface area contributed by atoms with Gasteiger partial charge in [0.25, 0.3) is 0 Å². The smallest absolute Gasteiger partial charge is 0.207 e. The van der Waals surface area contributed by atoms with Gasteiger partial charge in [0.05, 0.1) is 5.02 Å². The van der Waals surface area contributed by atoms with E-state index in [1.165, 1.54) is 12.5 Å². The number of halogens is 2. The van der Waals surface area contributed by atoms with Crippen molar-refractivity contribution in [2.45, 2.75) is 43.9 Å². The summed E-state index contributed by atoms with van der Waals surface area (Å²) < 4.78 is 27.0. The minimum absolute atomic E-state index is 0.168. The van der Waals surface area contributed by atoms with Crippen molar-refractivity contribution in [2.75, 3.05) is 13.1 Å². The van der Waals surface area contributed by atoms with Crippen LogP contribution in [-0.4, -0.2) is 25.8 Å². The molecule has 112 valence electrons. The molecule has 6 heteroatoms. The molecule has 1 saturated heterocycles. The summed E-state index contributed by atoms with van der Waals surface area (Å²) in [5.41, 5.74) is 0.612. The number of hydrogen-bond donors (Lipinski definition) is 0. The number of hydrogen-bond acceptors (Lipinski definition) is 2. The van der Waals surface area contributed by atoms with Crippen LogP contribution >= 0.6 is 23.2 Å². The Hall–Kier alpha value is -0.290. The van der Waals surface area contributed by atoms with Gasteiger partial charge >= 0.3 is 0 Å². The molecule has 0 radical (unpaired) electrons. The summed E-state index contributed by atoms with van der Waals surface area (Å²) in [6, 6.07) is 3.10. The molecule has 0 atom stereocenters. The molecule has 0 spiro atoms. The predicted octanol–water partition coefficient (Wildman–Crippen LogP) is 4.26. The topological polar surface area (TPSA) is 37.4 Å². The Morgan fingerprint density at radius 1 is 1.00 bits per heavy atom. The van der Waals surface area contributed by atoms with Crippen molar-refractivity contribution in [3.8, 4) is 0 Å². The van der Waals surface area contributed by atoms with Crippen molar-refractivity contribution in [1.82, 2.24) is 4.31 Å². The van der Waals surface area contributed by atoms with Crippen molar-refractivity contribution >= 4 is 33.2 Å². The number of rotatable bonds is 2. The van der Waals surface area contributed by atoms with Gasteiger partial charge in [-0.2, -0.15) is 4.31 Å². The highest BCUT2D eigenvalue weighted by Crippen LogP contribution is 2.32. The molecule has 1 aromatic carbocycles. The van der Waals surface area contributed by atoms with E-state index in [4.69, 9.17) is 23.2 Å². The molecular weight excluding hydrogens is 317 g/mol. The molecule has 0 aromatic heterocycles. The van der Waals surface area contributed by atoms with E-state index in [2.05, 4.69) is 0 Å². The van der Waals surface area contributed by atoms with E-state index in [9.17, 15) is 8.42 Å². The van der Waals surface area contributed by atoms with Crippen molar-refractivity contribution in [3.63, 3.8) is 0 Å². The second kappa shape index (κ2) is 6.65. The van der Waals surface area contributed by atoms with Crippen LogP contribution in [-0.2, 0) is 10.0 Å². The molecule has 1 fully saturated rings. The first-order valence-electron chi connectivity index (χ1n) is 6.89. The molecule has 0 bridgehead atoms. The molecule has 1 aromatic rings. The Labute approximate surface area is 130 Å². The Bertz CT molecular complexity index is 579. The van der Waals surface area contributed by atoms with E-state index >= 15 is 0 Å². The van der Waals surface area contributed by atoms with Crippen LogP contribution in [0.15, 0.2) is 17.0 Å². The van der Waals surface area contributed by atoms with Crippen LogP contribution < -0.4 is 0 Å². The highest BCUT2D eigenvalue weighted by Gasteiger charge is 2.27. The molecule has 0 saturated carbocycles. The molecule has 0 unspecified atom stereocenters. The standard InChI is InChI=1S/C14H19Cl2NO2S/c1-11-12(15)7-8-13(14(11)16)20(18,19)17-9-5-3-2-4-6-10-17/h7-8H,2-6,9-10H2,1H3. The fourth-order valence-electron chi connectivity index (χ4n) is 2.43. The Morgan fingerprint density at radius 3 is 2.15 bits per heavy atom. The minimum atomic E-state index is -3.53. The lowest BCUT2D eigenvalue weighted by Crippen LogP contribution is -2.34. The molecule has 0 N–H and O–H groups in total. The maximum atomic E-state index is 12.7. The second-order valence-electron chi connectivity index (χ2n) is 5.16. The third-order valence-corrected chi connectivity index (χ3v) is 6.67. The first-order chi connectivity index (χ1) is 9.44. The van der Waals surface area contributed by atoms with E-state index in [1.807, 2.05) is 0 Å². The SMILES string of the molecule is Cc1c(Cl)ccc(S(=O)(=O)N2CCCCCCC2)c1Cl. The summed E-state index contributed by atoms with van der Waals surface area (Å²) in [6.07, 6.45) is 5.17. The van der Waals surface area contributed by atoms with Crippen LogP contribution in [0.3, 0.4) is 0 Å².